The van der Waals surface area contributed by atoms with Crippen molar-refractivity contribution in [1.82, 2.24) is 24.4 Å². The van der Waals surface area contributed by atoms with Crippen molar-refractivity contribution in [2.24, 2.45) is 10.7 Å². The second kappa shape index (κ2) is 9.13. The van der Waals surface area contributed by atoms with Crippen LogP contribution >= 0.6 is 35.3 Å². The molecule has 2 N–H and O–H groups in total. The van der Waals surface area contributed by atoms with E-state index in [1.54, 1.807) is 23.9 Å². The topological polar surface area (TPSA) is 88.5 Å². The summed E-state index contributed by atoms with van der Waals surface area (Å²) >= 11 is 1.67. The normalized spacial score (nSPS) is 14.9. The summed E-state index contributed by atoms with van der Waals surface area (Å²) in [6.07, 6.45) is 8.99. The van der Waals surface area contributed by atoms with E-state index < -0.39 is 0 Å². The van der Waals surface area contributed by atoms with Crippen LogP contribution in [0.4, 0.5) is 5.13 Å². The molecular formula is C17H21IN8S. The van der Waals surface area contributed by atoms with Crippen molar-refractivity contribution in [2.75, 3.05) is 31.1 Å². The van der Waals surface area contributed by atoms with E-state index in [1.807, 2.05) is 40.7 Å². The van der Waals surface area contributed by atoms with Crippen LogP contribution in [0.3, 0.4) is 0 Å². The molecule has 4 heterocycles. The standard InChI is InChI=1S/C17H20N8S.HI/c18-16(23-6-8-24(9-7-23)17-20-4-10-26-17)22-12-14-1-2-15(21-11-14)25-5-3-19-13-25;/h1-5,10-11,13H,6-9,12H2,(H2,18,22);1H. The third-order valence-electron chi connectivity index (χ3n) is 4.30. The summed E-state index contributed by atoms with van der Waals surface area (Å²) in [7, 11) is 0. The van der Waals surface area contributed by atoms with Crippen LogP contribution in [0.15, 0.2) is 53.6 Å². The van der Waals surface area contributed by atoms with E-state index in [0.29, 0.717) is 12.5 Å². The van der Waals surface area contributed by atoms with Gasteiger partial charge in [-0.05, 0) is 11.6 Å². The fourth-order valence-electron chi connectivity index (χ4n) is 2.83. The zero-order valence-corrected chi connectivity index (χ0v) is 17.8. The zero-order chi connectivity index (χ0) is 17.8. The van der Waals surface area contributed by atoms with Crippen molar-refractivity contribution in [3.8, 4) is 5.82 Å². The van der Waals surface area contributed by atoms with Crippen LogP contribution < -0.4 is 10.6 Å². The number of halogens is 1. The largest absolute Gasteiger partial charge is 0.370 e. The lowest BCUT2D eigenvalue weighted by Gasteiger charge is -2.35. The number of aliphatic imine (C=N–C) groups is 1. The molecule has 27 heavy (non-hydrogen) atoms. The Morgan fingerprint density at radius 2 is 2.00 bits per heavy atom. The summed E-state index contributed by atoms with van der Waals surface area (Å²) in [5.74, 6) is 1.42. The van der Waals surface area contributed by atoms with Crippen molar-refractivity contribution in [3.05, 3.63) is 54.2 Å². The number of piperazine rings is 1. The van der Waals surface area contributed by atoms with E-state index in [1.165, 1.54) is 0 Å². The molecule has 0 aromatic carbocycles. The summed E-state index contributed by atoms with van der Waals surface area (Å²) in [4.78, 5) is 21.8. The van der Waals surface area contributed by atoms with Gasteiger partial charge in [0, 0.05) is 56.3 Å². The maximum Gasteiger partial charge on any atom is 0.191 e. The molecular weight excluding hydrogens is 475 g/mol. The number of hydrogen-bond acceptors (Lipinski definition) is 6. The van der Waals surface area contributed by atoms with Crippen LogP contribution in [0.5, 0.6) is 0 Å². The van der Waals surface area contributed by atoms with Gasteiger partial charge in [-0.3, -0.25) is 4.57 Å². The number of pyridine rings is 1. The van der Waals surface area contributed by atoms with Crippen LogP contribution in [0.2, 0.25) is 0 Å². The molecule has 1 saturated heterocycles. The summed E-state index contributed by atoms with van der Waals surface area (Å²) in [5.41, 5.74) is 7.21. The van der Waals surface area contributed by atoms with Gasteiger partial charge in [0.25, 0.3) is 0 Å². The smallest absolute Gasteiger partial charge is 0.191 e. The van der Waals surface area contributed by atoms with E-state index >= 15 is 0 Å². The molecule has 142 valence electrons. The molecule has 1 fully saturated rings. The molecule has 0 amide bonds. The molecule has 4 rings (SSSR count). The number of rotatable bonds is 4. The lowest BCUT2D eigenvalue weighted by atomic mass is 10.3. The first-order chi connectivity index (χ1) is 12.8. The number of thiazole rings is 1. The van der Waals surface area contributed by atoms with Crippen LogP contribution in [0.1, 0.15) is 5.56 Å². The Bertz CT molecular complexity index is 840. The summed E-state index contributed by atoms with van der Waals surface area (Å²) in [6, 6.07) is 3.97. The molecule has 3 aromatic heterocycles. The predicted molar refractivity (Wildman–Crippen MR) is 118 cm³/mol. The predicted octanol–water partition coefficient (Wildman–Crippen LogP) is 1.98. The molecule has 8 nitrogen and oxygen atoms in total. The quantitative estimate of drug-likeness (QED) is 0.338. The lowest BCUT2D eigenvalue weighted by molar-refractivity contribution is 0.380. The first-order valence-corrected chi connectivity index (χ1v) is 9.30. The average molecular weight is 496 g/mol. The number of hydrogen-bond donors (Lipinski definition) is 1. The highest BCUT2D eigenvalue weighted by molar-refractivity contribution is 14.0. The number of anilines is 1. The fourth-order valence-corrected chi connectivity index (χ4v) is 3.53. The first-order valence-electron chi connectivity index (χ1n) is 8.42. The van der Waals surface area contributed by atoms with Crippen molar-refractivity contribution in [1.29, 1.82) is 0 Å². The summed E-state index contributed by atoms with van der Waals surface area (Å²) in [5, 5.41) is 3.08. The highest BCUT2D eigenvalue weighted by Crippen LogP contribution is 2.18. The highest BCUT2D eigenvalue weighted by atomic mass is 127. The Labute approximate surface area is 178 Å². The Balaban J connectivity index is 0.00000210. The molecule has 0 unspecified atom stereocenters. The van der Waals surface area contributed by atoms with Gasteiger partial charge < -0.3 is 15.5 Å². The number of nitrogens with zero attached hydrogens (tertiary/aromatic N) is 7. The Morgan fingerprint density at radius 1 is 1.15 bits per heavy atom. The third-order valence-corrected chi connectivity index (χ3v) is 5.13. The number of aromatic nitrogens is 4. The maximum absolute atomic E-state index is 6.18. The molecule has 3 aromatic rings. The van der Waals surface area contributed by atoms with Gasteiger partial charge in [-0.2, -0.15) is 0 Å². The molecule has 0 saturated carbocycles. The van der Waals surface area contributed by atoms with Gasteiger partial charge in [0.15, 0.2) is 11.1 Å². The summed E-state index contributed by atoms with van der Waals surface area (Å²) in [6.45, 7) is 4.05. The minimum atomic E-state index is 0. The number of guanidine groups is 1. The summed E-state index contributed by atoms with van der Waals surface area (Å²) < 4.78 is 1.86. The van der Waals surface area contributed by atoms with Gasteiger partial charge in [-0.25, -0.2) is 19.9 Å². The van der Waals surface area contributed by atoms with E-state index in [2.05, 4.69) is 29.7 Å². The van der Waals surface area contributed by atoms with Crippen molar-refractivity contribution >= 4 is 46.4 Å². The molecule has 10 heteroatoms. The van der Waals surface area contributed by atoms with E-state index in [4.69, 9.17) is 5.73 Å². The third kappa shape index (κ3) is 4.75. The lowest BCUT2D eigenvalue weighted by Crippen LogP contribution is -2.51. The molecule has 0 spiro atoms. The van der Waals surface area contributed by atoms with Gasteiger partial charge >= 0.3 is 0 Å². The van der Waals surface area contributed by atoms with Crippen LogP contribution in [0, 0.1) is 0 Å². The SMILES string of the molecule is I.NC(=NCc1ccc(-n2ccnc2)nc1)N1CCN(c2nccs2)CC1. The molecule has 1 aliphatic heterocycles. The van der Waals surface area contributed by atoms with Gasteiger partial charge in [-0.15, -0.1) is 35.3 Å². The molecule has 0 aliphatic carbocycles. The maximum atomic E-state index is 6.18. The Kier molecular flexibility index (Phi) is 6.61. The molecule has 0 atom stereocenters. The molecule has 0 bridgehead atoms. The van der Waals surface area contributed by atoms with E-state index in [-0.39, 0.29) is 24.0 Å². The molecule has 0 radical (unpaired) electrons. The van der Waals surface area contributed by atoms with Crippen molar-refractivity contribution in [3.63, 3.8) is 0 Å². The first kappa shape index (κ1) is 19.5. The number of nitrogens with two attached hydrogens (primary N) is 1. The van der Waals surface area contributed by atoms with E-state index in [9.17, 15) is 0 Å². The second-order valence-electron chi connectivity index (χ2n) is 5.96. The number of imidazole rings is 1. The van der Waals surface area contributed by atoms with Crippen LogP contribution in [-0.2, 0) is 6.54 Å². The van der Waals surface area contributed by atoms with Gasteiger partial charge in [-0.1, -0.05) is 6.07 Å². The van der Waals surface area contributed by atoms with Crippen LogP contribution in [0.25, 0.3) is 5.82 Å². The minimum absolute atomic E-state index is 0. The second-order valence-corrected chi connectivity index (χ2v) is 6.83. The van der Waals surface area contributed by atoms with Gasteiger partial charge in [0.05, 0.1) is 6.54 Å². The zero-order valence-electron chi connectivity index (χ0n) is 14.7. The molecule has 1 aliphatic rings. The fraction of sp³-hybridized carbons (Fsp3) is 0.294. The Morgan fingerprint density at radius 3 is 2.63 bits per heavy atom. The monoisotopic (exact) mass is 496 g/mol. The van der Waals surface area contributed by atoms with Crippen LogP contribution in [-0.4, -0.2) is 56.6 Å². The minimum Gasteiger partial charge on any atom is -0.370 e. The highest BCUT2D eigenvalue weighted by Gasteiger charge is 2.19. The average Bonchev–Trinajstić information content (AvgIpc) is 3.40. The van der Waals surface area contributed by atoms with Crippen molar-refractivity contribution in [2.45, 2.75) is 6.54 Å². The Hall–Kier alpha value is -2.21. The van der Waals surface area contributed by atoms with Gasteiger partial charge in [0.2, 0.25) is 0 Å². The van der Waals surface area contributed by atoms with Gasteiger partial charge in [0.1, 0.15) is 12.1 Å². The van der Waals surface area contributed by atoms with Crippen molar-refractivity contribution < 1.29 is 0 Å². The van der Waals surface area contributed by atoms with E-state index in [0.717, 1.165) is 42.7 Å².